The number of carbonyl (C=O) groups excluding carboxylic acids is 2. The van der Waals surface area contributed by atoms with E-state index in [4.69, 9.17) is 0 Å². The Kier molecular flexibility index (Phi) is 6.16. The summed E-state index contributed by atoms with van der Waals surface area (Å²) in [4.78, 5) is 24.6. The zero-order valence-corrected chi connectivity index (χ0v) is 18.7. The molecule has 1 saturated heterocycles. The number of aryl methyl sites for hydroxylation is 2. The van der Waals surface area contributed by atoms with Crippen LogP contribution in [-0.4, -0.2) is 48.9 Å². The van der Waals surface area contributed by atoms with Gasteiger partial charge < -0.3 is 14.6 Å². The first-order valence-electron chi connectivity index (χ1n) is 8.98. The van der Waals surface area contributed by atoms with Gasteiger partial charge in [0, 0.05) is 29.9 Å². The van der Waals surface area contributed by atoms with Gasteiger partial charge >= 0.3 is 5.97 Å². The lowest BCUT2D eigenvalue weighted by Gasteiger charge is -2.23. The summed E-state index contributed by atoms with van der Waals surface area (Å²) in [6, 6.07) is 5.85. The third kappa shape index (κ3) is 4.24. The number of carbonyl (C=O) groups is 2. The van der Waals surface area contributed by atoms with E-state index in [1.54, 1.807) is 13.1 Å². The number of ether oxygens (including phenoxy) is 1. The Balaban J connectivity index is 1.84. The molecule has 1 fully saturated rings. The van der Waals surface area contributed by atoms with Gasteiger partial charge in [-0.15, -0.1) is 0 Å². The Hall–Kier alpha value is -2.17. The molecular formula is C19H22BrN3O5S. The molecule has 1 atom stereocenters. The number of amides is 1. The molecule has 2 heterocycles. The molecule has 1 aliphatic heterocycles. The highest BCUT2D eigenvalue weighted by molar-refractivity contribution is 9.10. The minimum atomic E-state index is -3.95. The molecule has 156 valence electrons. The highest BCUT2D eigenvalue weighted by Gasteiger charge is 2.40. The number of esters is 1. The van der Waals surface area contributed by atoms with E-state index in [1.807, 2.05) is 19.1 Å². The number of methoxy groups -OCH3 is 1. The number of hydrogen-bond acceptors (Lipinski definition) is 5. The van der Waals surface area contributed by atoms with E-state index in [2.05, 4.69) is 26.0 Å². The maximum absolute atomic E-state index is 13.2. The SMILES string of the molecule is COC(=O)c1cc(S(=O)(=O)N2CCC[C@@H]2C(=O)Nc2ccc(Br)c(C)c2)cn1C. The number of aromatic nitrogens is 1. The number of benzene rings is 1. The van der Waals surface area contributed by atoms with Crippen molar-refractivity contribution >= 4 is 43.5 Å². The number of rotatable bonds is 5. The van der Waals surface area contributed by atoms with Gasteiger partial charge in [-0.25, -0.2) is 13.2 Å². The van der Waals surface area contributed by atoms with Gasteiger partial charge in [0.2, 0.25) is 15.9 Å². The Labute approximate surface area is 178 Å². The van der Waals surface area contributed by atoms with Crippen LogP contribution in [0.15, 0.2) is 39.8 Å². The number of halogens is 1. The fraction of sp³-hybridized carbons (Fsp3) is 0.368. The van der Waals surface area contributed by atoms with E-state index in [9.17, 15) is 18.0 Å². The molecule has 1 amide bonds. The number of sulfonamides is 1. The summed E-state index contributed by atoms with van der Waals surface area (Å²) in [6.45, 7) is 2.14. The Morgan fingerprint density at radius 3 is 2.66 bits per heavy atom. The van der Waals surface area contributed by atoms with Crippen molar-refractivity contribution in [3.8, 4) is 0 Å². The smallest absolute Gasteiger partial charge is 0.354 e. The molecule has 0 aliphatic carbocycles. The van der Waals surface area contributed by atoms with Gasteiger partial charge in [-0.2, -0.15) is 4.31 Å². The molecule has 29 heavy (non-hydrogen) atoms. The minimum absolute atomic E-state index is 0.0420. The van der Waals surface area contributed by atoms with Crippen molar-refractivity contribution in [2.45, 2.75) is 30.7 Å². The topological polar surface area (TPSA) is 97.7 Å². The molecule has 0 saturated carbocycles. The molecule has 1 aliphatic rings. The fourth-order valence-electron chi connectivity index (χ4n) is 3.36. The predicted molar refractivity (Wildman–Crippen MR) is 111 cm³/mol. The molecule has 0 bridgehead atoms. The van der Waals surface area contributed by atoms with Gasteiger partial charge in [-0.1, -0.05) is 15.9 Å². The summed E-state index contributed by atoms with van der Waals surface area (Å²) in [5, 5.41) is 2.80. The number of hydrogen-bond donors (Lipinski definition) is 1. The summed E-state index contributed by atoms with van der Waals surface area (Å²) >= 11 is 3.41. The summed E-state index contributed by atoms with van der Waals surface area (Å²) in [7, 11) is -1.15. The van der Waals surface area contributed by atoms with Gasteiger partial charge in [0.1, 0.15) is 16.6 Å². The van der Waals surface area contributed by atoms with Crippen molar-refractivity contribution in [2.24, 2.45) is 7.05 Å². The molecule has 0 spiro atoms. The zero-order chi connectivity index (χ0) is 21.3. The van der Waals surface area contributed by atoms with Crippen molar-refractivity contribution in [3.63, 3.8) is 0 Å². The lowest BCUT2D eigenvalue weighted by molar-refractivity contribution is -0.119. The average molecular weight is 484 g/mol. The van der Waals surface area contributed by atoms with Crippen molar-refractivity contribution < 1.29 is 22.7 Å². The summed E-state index contributed by atoms with van der Waals surface area (Å²) in [5.41, 5.74) is 1.68. The second-order valence-electron chi connectivity index (χ2n) is 6.89. The van der Waals surface area contributed by atoms with Gasteiger partial charge in [0.15, 0.2) is 0 Å². The molecule has 0 unspecified atom stereocenters. The van der Waals surface area contributed by atoms with Crippen LogP contribution in [0.2, 0.25) is 0 Å². The average Bonchev–Trinajstić information content (AvgIpc) is 3.32. The van der Waals surface area contributed by atoms with Crippen LogP contribution in [-0.2, 0) is 26.6 Å². The van der Waals surface area contributed by atoms with E-state index in [0.29, 0.717) is 18.5 Å². The summed E-state index contributed by atoms with van der Waals surface area (Å²) < 4.78 is 34.5. The van der Waals surface area contributed by atoms with Crippen molar-refractivity contribution in [1.82, 2.24) is 8.87 Å². The van der Waals surface area contributed by atoms with Crippen LogP contribution in [0.5, 0.6) is 0 Å². The van der Waals surface area contributed by atoms with E-state index in [1.165, 1.54) is 28.2 Å². The third-order valence-corrected chi connectivity index (χ3v) is 7.68. The van der Waals surface area contributed by atoms with Crippen LogP contribution in [0, 0.1) is 6.92 Å². The van der Waals surface area contributed by atoms with Crippen molar-refractivity contribution in [2.75, 3.05) is 19.0 Å². The molecule has 2 aromatic rings. The van der Waals surface area contributed by atoms with Crippen molar-refractivity contribution in [1.29, 1.82) is 0 Å². The van der Waals surface area contributed by atoms with Crippen LogP contribution in [0.4, 0.5) is 5.69 Å². The Bertz CT molecular complexity index is 1060. The zero-order valence-electron chi connectivity index (χ0n) is 16.3. The molecule has 1 aromatic carbocycles. The minimum Gasteiger partial charge on any atom is -0.464 e. The van der Waals surface area contributed by atoms with Crippen LogP contribution in [0.1, 0.15) is 28.9 Å². The normalized spacial score (nSPS) is 17.3. The second-order valence-corrected chi connectivity index (χ2v) is 9.64. The van der Waals surface area contributed by atoms with Gasteiger partial charge in [-0.05, 0) is 49.6 Å². The number of nitrogens with one attached hydrogen (secondary N) is 1. The van der Waals surface area contributed by atoms with Crippen LogP contribution in [0.3, 0.4) is 0 Å². The quantitative estimate of drug-likeness (QED) is 0.659. The number of nitrogens with zero attached hydrogens (tertiary/aromatic N) is 2. The summed E-state index contributed by atoms with van der Waals surface area (Å²) in [6.07, 6.45) is 2.36. The summed E-state index contributed by atoms with van der Waals surface area (Å²) in [5.74, 6) is -1.01. The Morgan fingerprint density at radius 1 is 1.28 bits per heavy atom. The lowest BCUT2D eigenvalue weighted by Crippen LogP contribution is -2.43. The third-order valence-electron chi connectivity index (χ3n) is 4.91. The first-order valence-corrected chi connectivity index (χ1v) is 11.2. The van der Waals surface area contributed by atoms with Gasteiger partial charge in [-0.3, -0.25) is 4.79 Å². The molecule has 3 rings (SSSR count). The van der Waals surface area contributed by atoms with Crippen molar-refractivity contribution in [3.05, 3.63) is 46.2 Å². The first kappa shape index (κ1) is 21.5. The van der Waals surface area contributed by atoms with E-state index in [0.717, 1.165) is 10.0 Å². The monoisotopic (exact) mass is 483 g/mol. The van der Waals surface area contributed by atoms with Crippen LogP contribution >= 0.6 is 15.9 Å². The fourth-order valence-corrected chi connectivity index (χ4v) is 5.33. The number of anilines is 1. The first-order chi connectivity index (χ1) is 13.6. The maximum atomic E-state index is 13.2. The van der Waals surface area contributed by atoms with Crippen LogP contribution in [0.25, 0.3) is 0 Å². The predicted octanol–water partition coefficient (Wildman–Crippen LogP) is 2.67. The lowest BCUT2D eigenvalue weighted by atomic mass is 10.2. The molecule has 1 aromatic heterocycles. The van der Waals surface area contributed by atoms with E-state index < -0.39 is 22.0 Å². The molecule has 10 heteroatoms. The standard InChI is InChI=1S/C19H22BrN3O5S/c1-12-9-13(6-7-15(12)20)21-18(24)16-5-4-8-23(16)29(26,27)14-10-17(19(25)28-3)22(2)11-14/h6-7,9-11,16H,4-5,8H2,1-3H3,(H,21,24)/t16-/m1/s1. The van der Waals surface area contributed by atoms with Crippen LogP contribution < -0.4 is 5.32 Å². The highest BCUT2D eigenvalue weighted by atomic mass is 79.9. The maximum Gasteiger partial charge on any atom is 0.354 e. The van der Waals surface area contributed by atoms with Gasteiger partial charge in [0.05, 0.1) is 7.11 Å². The highest BCUT2D eigenvalue weighted by Crippen LogP contribution is 2.28. The molecule has 0 radical (unpaired) electrons. The van der Waals surface area contributed by atoms with E-state index in [-0.39, 0.29) is 23.0 Å². The molecule has 1 N–H and O–H groups in total. The molecule has 8 nitrogen and oxygen atoms in total. The second kappa shape index (κ2) is 8.29. The largest absolute Gasteiger partial charge is 0.464 e. The van der Waals surface area contributed by atoms with Gasteiger partial charge in [0.25, 0.3) is 0 Å². The van der Waals surface area contributed by atoms with E-state index >= 15 is 0 Å². The molecular weight excluding hydrogens is 462 g/mol. The Morgan fingerprint density at radius 2 is 2.00 bits per heavy atom.